The van der Waals surface area contributed by atoms with Crippen LogP contribution in [0, 0.1) is 5.92 Å². The molecule has 1 atom stereocenters. The number of hydrogen-bond acceptors (Lipinski definition) is 4. The van der Waals surface area contributed by atoms with Crippen molar-refractivity contribution in [1.82, 2.24) is 10.2 Å². The zero-order valence-corrected chi connectivity index (χ0v) is 15.9. The molecule has 1 N–H and O–H groups in total. The van der Waals surface area contributed by atoms with Gasteiger partial charge in [0.15, 0.2) is 11.5 Å². The van der Waals surface area contributed by atoms with E-state index in [0.717, 1.165) is 12.8 Å². The van der Waals surface area contributed by atoms with E-state index in [9.17, 15) is 9.59 Å². The standard InChI is InChI=1S/C22H24N2O4/c1-15(7-8-16-5-3-2-4-6-16)23-21(25)18-12-24(13-18)22(26)17-9-10-19-20(11-17)28-14-27-19/h2-6,9-11,15,18H,7-8,12-14H2,1H3,(H,23,25). The van der Waals surface area contributed by atoms with Crippen molar-refractivity contribution in [2.24, 2.45) is 5.92 Å². The number of rotatable bonds is 6. The molecule has 2 aliphatic rings. The van der Waals surface area contributed by atoms with Crippen LogP contribution in [0.3, 0.4) is 0 Å². The molecule has 0 bridgehead atoms. The summed E-state index contributed by atoms with van der Waals surface area (Å²) in [5.74, 6) is 1.04. The molecular formula is C22H24N2O4. The smallest absolute Gasteiger partial charge is 0.254 e. The van der Waals surface area contributed by atoms with Crippen LogP contribution in [0.2, 0.25) is 0 Å². The maximum absolute atomic E-state index is 12.6. The zero-order chi connectivity index (χ0) is 19.5. The number of fused-ring (bicyclic) bond motifs is 1. The third kappa shape index (κ3) is 3.96. The Kier molecular flexibility index (Phi) is 5.19. The second-order valence-electron chi connectivity index (χ2n) is 7.41. The first-order chi connectivity index (χ1) is 13.6. The van der Waals surface area contributed by atoms with Crippen molar-refractivity contribution in [1.29, 1.82) is 0 Å². The van der Waals surface area contributed by atoms with E-state index in [4.69, 9.17) is 9.47 Å². The molecule has 4 rings (SSSR count). The van der Waals surface area contributed by atoms with Crippen molar-refractivity contribution < 1.29 is 19.1 Å². The highest BCUT2D eigenvalue weighted by molar-refractivity contribution is 5.96. The van der Waals surface area contributed by atoms with Gasteiger partial charge in [-0.25, -0.2) is 0 Å². The number of likely N-dealkylation sites (tertiary alicyclic amines) is 1. The van der Waals surface area contributed by atoms with Crippen LogP contribution >= 0.6 is 0 Å². The Morgan fingerprint density at radius 1 is 1.11 bits per heavy atom. The van der Waals surface area contributed by atoms with Gasteiger partial charge in [0.1, 0.15) is 0 Å². The van der Waals surface area contributed by atoms with Crippen LogP contribution in [0.5, 0.6) is 11.5 Å². The minimum atomic E-state index is -0.142. The molecule has 6 heteroatoms. The molecule has 0 saturated carbocycles. The van der Waals surface area contributed by atoms with Crippen molar-refractivity contribution in [2.75, 3.05) is 19.9 Å². The topological polar surface area (TPSA) is 67.9 Å². The first kappa shape index (κ1) is 18.3. The van der Waals surface area contributed by atoms with Gasteiger partial charge in [-0.15, -0.1) is 0 Å². The van der Waals surface area contributed by atoms with Crippen LogP contribution in [0.1, 0.15) is 29.3 Å². The van der Waals surface area contributed by atoms with E-state index in [1.54, 1.807) is 23.1 Å². The number of carbonyl (C=O) groups excluding carboxylic acids is 2. The number of nitrogens with zero attached hydrogens (tertiary/aromatic N) is 1. The highest BCUT2D eigenvalue weighted by Crippen LogP contribution is 2.33. The third-order valence-corrected chi connectivity index (χ3v) is 5.26. The zero-order valence-electron chi connectivity index (χ0n) is 15.9. The fourth-order valence-corrected chi connectivity index (χ4v) is 3.48. The molecule has 1 fully saturated rings. The molecular weight excluding hydrogens is 356 g/mol. The molecule has 0 radical (unpaired) electrons. The van der Waals surface area contributed by atoms with E-state index in [1.165, 1.54) is 5.56 Å². The van der Waals surface area contributed by atoms with E-state index >= 15 is 0 Å². The van der Waals surface area contributed by atoms with Gasteiger partial charge in [0.05, 0.1) is 5.92 Å². The van der Waals surface area contributed by atoms with E-state index in [1.807, 2.05) is 25.1 Å². The quantitative estimate of drug-likeness (QED) is 0.837. The SMILES string of the molecule is CC(CCc1ccccc1)NC(=O)C1CN(C(=O)c2ccc3c(c2)OCO3)C1. The highest BCUT2D eigenvalue weighted by atomic mass is 16.7. The molecule has 2 aliphatic heterocycles. The number of benzene rings is 2. The molecule has 0 aliphatic carbocycles. The fourth-order valence-electron chi connectivity index (χ4n) is 3.48. The summed E-state index contributed by atoms with van der Waals surface area (Å²) < 4.78 is 10.6. The van der Waals surface area contributed by atoms with Crippen LogP contribution in [-0.2, 0) is 11.2 Å². The van der Waals surface area contributed by atoms with Gasteiger partial charge >= 0.3 is 0 Å². The minimum absolute atomic E-state index is 0.0234. The van der Waals surface area contributed by atoms with E-state index < -0.39 is 0 Å². The molecule has 2 amide bonds. The van der Waals surface area contributed by atoms with Crippen LogP contribution in [0.15, 0.2) is 48.5 Å². The Hall–Kier alpha value is -3.02. The van der Waals surface area contributed by atoms with Crippen LogP contribution < -0.4 is 14.8 Å². The Bertz CT molecular complexity index is 862. The largest absolute Gasteiger partial charge is 0.454 e. The van der Waals surface area contributed by atoms with Crippen molar-refractivity contribution in [3.63, 3.8) is 0 Å². The Morgan fingerprint density at radius 3 is 2.64 bits per heavy atom. The molecule has 1 unspecified atom stereocenters. The molecule has 0 aromatic heterocycles. The number of carbonyl (C=O) groups is 2. The summed E-state index contributed by atoms with van der Waals surface area (Å²) >= 11 is 0. The summed E-state index contributed by atoms with van der Waals surface area (Å²) in [6.07, 6.45) is 1.82. The van der Waals surface area contributed by atoms with Gasteiger partial charge in [-0.1, -0.05) is 30.3 Å². The van der Waals surface area contributed by atoms with Gasteiger partial charge in [0.25, 0.3) is 5.91 Å². The predicted molar refractivity (Wildman–Crippen MR) is 104 cm³/mol. The van der Waals surface area contributed by atoms with Crippen molar-refractivity contribution in [3.8, 4) is 11.5 Å². The molecule has 2 heterocycles. The van der Waals surface area contributed by atoms with Crippen LogP contribution in [-0.4, -0.2) is 42.6 Å². The molecule has 2 aromatic rings. The summed E-state index contributed by atoms with van der Waals surface area (Å²) in [5, 5.41) is 3.07. The number of ether oxygens (including phenoxy) is 2. The maximum Gasteiger partial charge on any atom is 0.254 e. The van der Waals surface area contributed by atoms with Gasteiger partial charge in [-0.3, -0.25) is 9.59 Å². The monoisotopic (exact) mass is 380 g/mol. The lowest BCUT2D eigenvalue weighted by Crippen LogP contribution is -2.56. The normalized spacial score (nSPS) is 16.4. The molecule has 0 spiro atoms. The first-order valence-electron chi connectivity index (χ1n) is 9.63. The van der Waals surface area contributed by atoms with Crippen LogP contribution in [0.4, 0.5) is 0 Å². The lowest BCUT2D eigenvalue weighted by atomic mass is 9.97. The summed E-state index contributed by atoms with van der Waals surface area (Å²) in [4.78, 5) is 26.7. The van der Waals surface area contributed by atoms with E-state index in [0.29, 0.717) is 30.2 Å². The summed E-state index contributed by atoms with van der Waals surface area (Å²) in [7, 11) is 0. The van der Waals surface area contributed by atoms with Gasteiger partial charge in [0, 0.05) is 24.7 Å². The maximum atomic E-state index is 12.6. The number of amides is 2. The Balaban J connectivity index is 1.23. The van der Waals surface area contributed by atoms with Crippen molar-refractivity contribution >= 4 is 11.8 Å². The minimum Gasteiger partial charge on any atom is -0.454 e. The number of nitrogens with one attached hydrogen (secondary N) is 1. The molecule has 1 saturated heterocycles. The summed E-state index contributed by atoms with van der Waals surface area (Å²) in [5.41, 5.74) is 1.83. The summed E-state index contributed by atoms with van der Waals surface area (Å²) in [6, 6.07) is 15.5. The second-order valence-corrected chi connectivity index (χ2v) is 7.41. The Labute approximate surface area is 164 Å². The van der Waals surface area contributed by atoms with Gasteiger partial charge < -0.3 is 19.7 Å². The average Bonchev–Trinajstić information content (AvgIpc) is 3.13. The average molecular weight is 380 g/mol. The molecule has 146 valence electrons. The predicted octanol–water partition coefficient (Wildman–Crippen LogP) is 2.62. The highest BCUT2D eigenvalue weighted by Gasteiger charge is 2.36. The fraction of sp³-hybridized carbons (Fsp3) is 0.364. The van der Waals surface area contributed by atoms with Gasteiger partial charge in [-0.05, 0) is 43.5 Å². The van der Waals surface area contributed by atoms with Crippen molar-refractivity contribution in [3.05, 3.63) is 59.7 Å². The number of aryl methyl sites for hydroxylation is 1. The molecule has 28 heavy (non-hydrogen) atoms. The first-order valence-corrected chi connectivity index (χ1v) is 9.63. The van der Waals surface area contributed by atoms with Crippen LogP contribution in [0.25, 0.3) is 0 Å². The molecule has 2 aromatic carbocycles. The van der Waals surface area contributed by atoms with Gasteiger partial charge in [-0.2, -0.15) is 0 Å². The molecule has 6 nitrogen and oxygen atoms in total. The van der Waals surface area contributed by atoms with Gasteiger partial charge in [0.2, 0.25) is 12.7 Å². The van der Waals surface area contributed by atoms with Crippen molar-refractivity contribution in [2.45, 2.75) is 25.8 Å². The summed E-state index contributed by atoms with van der Waals surface area (Å²) in [6.45, 7) is 3.10. The van der Waals surface area contributed by atoms with E-state index in [2.05, 4.69) is 17.4 Å². The second kappa shape index (κ2) is 7.92. The van der Waals surface area contributed by atoms with E-state index in [-0.39, 0.29) is 30.6 Å². The number of hydrogen-bond donors (Lipinski definition) is 1. The lowest BCUT2D eigenvalue weighted by Gasteiger charge is -2.38. The lowest BCUT2D eigenvalue weighted by molar-refractivity contribution is -0.129. The Morgan fingerprint density at radius 2 is 1.86 bits per heavy atom. The third-order valence-electron chi connectivity index (χ3n) is 5.26.